The summed E-state index contributed by atoms with van der Waals surface area (Å²) >= 11 is 3.69. The molecule has 0 radical (unpaired) electrons. The van der Waals surface area contributed by atoms with Crippen molar-refractivity contribution in [2.75, 3.05) is 0 Å². The molecule has 1 nitrogen and oxygen atoms in total. The van der Waals surface area contributed by atoms with Gasteiger partial charge >= 0.3 is 0 Å². The Hall–Kier alpha value is -0.860. The maximum Gasteiger partial charge on any atom is 0.0739 e. The number of alkyl halides is 1. The van der Waals surface area contributed by atoms with Gasteiger partial charge in [0.05, 0.1) is 6.10 Å². The third-order valence-electron chi connectivity index (χ3n) is 4.66. The minimum absolute atomic E-state index is 0.225. The summed E-state index contributed by atoms with van der Waals surface area (Å²) in [6.07, 6.45) is 2.10. The predicted octanol–water partition coefficient (Wildman–Crippen LogP) is 3.94. The van der Waals surface area contributed by atoms with Crippen LogP contribution in [0.2, 0.25) is 0 Å². The summed E-state index contributed by atoms with van der Waals surface area (Å²) in [5, 5.41) is 13.0. The van der Waals surface area contributed by atoms with Crippen molar-refractivity contribution in [2.24, 2.45) is 0 Å². The van der Waals surface area contributed by atoms with Crippen LogP contribution in [0.15, 0.2) is 36.4 Å². The molecule has 0 spiro atoms. The van der Waals surface area contributed by atoms with Crippen LogP contribution in [0.3, 0.4) is 0 Å². The number of aliphatic hydroxyl groups is 1. The van der Waals surface area contributed by atoms with Gasteiger partial charge in [0.25, 0.3) is 0 Å². The fourth-order valence-electron chi connectivity index (χ4n) is 3.73. The second-order valence-electron chi connectivity index (χ2n) is 5.55. The van der Waals surface area contributed by atoms with Crippen LogP contribution in [0.1, 0.15) is 35.8 Å². The van der Waals surface area contributed by atoms with Gasteiger partial charge in [-0.15, -0.1) is 0 Å². The van der Waals surface area contributed by atoms with Crippen LogP contribution in [-0.2, 0) is 0 Å². The first-order chi connectivity index (χ1) is 8.75. The zero-order valence-corrected chi connectivity index (χ0v) is 11.6. The predicted molar refractivity (Wildman–Crippen MR) is 77.4 cm³/mol. The van der Waals surface area contributed by atoms with Gasteiger partial charge in [0.2, 0.25) is 0 Å². The third kappa shape index (κ3) is 1.36. The van der Waals surface area contributed by atoms with Gasteiger partial charge < -0.3 is 5.11 Å². The summed E-state index contributed by atoms with van der Waals surface area (Å²) in [6, 6.07) is 13.1. The molecule has 1 N–H and O–H groups in total. The van der Waals surface area contributed by atoms with Crippen molar-refractivity contribution in [2.45, 2.75) is 35.6 Å². The second-order valence-corrected chi connectivity index (χ2v) is 6.61. The molecule has 18 heavy (non-hydrogen) atoms. The Labute approximate surface area is 115 Å². The van der Waals surface area contributed by atoms with E-state index in [1.807, 2.05) is 0 Å². The Morgan fingerprint density at radius 1 is 0.944 bits per heavy atom. The minimum atomic E-state index is -0.225. The molecular weight excluding hydrogens is 288 g/mol. The van der Waals surface area contributed by atoms with Gasteiger partial charge in [-0.25, -0.2) is 0 Å². The highest BCUT2D eigenvalue weighted by molar-refractivity contribution is 9.09. The lowest BCUT2D eigenvalue weighted by molar-refractivity contribution is 0.0931. The van der Waals surface area contributed by atoms with E-state index in [0.717, 1.165) is 6.42 Å². The summed E-state index contributed by atoms with van der Waals surface area (Å²) in [4.78, 5) is 0.227. The van der Waals surface area contributed by atoms with Gasteiger partial charge in [0, 0.05) is 10.7 Å². The van der Waals surface area contributed by atoms with Crippen LogP contribution in [-0.4, -0.2) is 16.0 Å². The molecule has 0 unspecified atom stereocenters. The van der Waals surface area contributed by atoms with Crippen molar-refractivity contribution in [1.29, 1.82) is 0 Å². The quantitative estimate of drug-likeness (QED) is 0.731. The normalized spacial score (nSPS) is 33.7. The molecule has 0 heterocycles. The Kier molecular flexibility index (Phi) is 2.33. The SMILES string of the molecule is O[C@H]1[C@H](Br)[C@@H]2CC[C@H]1c1cc3ccccc3cc12. The van der Waals surface area contributed by atoms with Crippen molar-refractivity contribution in [3.05, 3.63) is 47.5 Å². The molecule has 2 aromatic carbocycles. The van der Waals surface area contributed by atoms with Crippen molar-refractivity contribution >= 4 is 26.7 Å². The van der Waals surface area contributed by atoms with E-state index in [1.54, 1.807) is 0 Å². The van der Waals surface area contributed by atoms with Crippen LogP contribution in [0.25, 0.3) is 10.8 Å². The van der Waals surface area contributed by atoms with Crippen LogP contribution >= 0.6 is 15.9 Å². The van der Waals surface area contributed by atoms with E-state index in [1.165, 1.54) is 28.3 Å². The average molecular weight is 303 g/mol. The first kappa shape index (κ1) is 11.0. The Morgan fingerprint density at radius 2 is 1.50 bits per heavy atom. The summed E-state index contributed by atoms with van der Waals surface area (Å²) in [7, 11) is 0. The number of halogens is 1. The monoisotopic (exact) mass is 302 g/mol. The van der Waals surface area contributed by atoms with Gasteiger partial charge in [-0.2, -0.15) is 0 Å². The Morgan fingerprint density at radius 3 is 2.17 bits per heavy atom. The van der Waals surface area contributed by atoms with E-state index >= 15 is 0 Å². The van der Waals surface area contributed by atoms with Gasteiger partial charge in [-0.1, -0.05) is 52.3 Å². The first-order valence-electron chi connectivity index (χ1n) is 6.60. The molecule has 3 aliphatic carbocycles. The van der Waals surface area contributed by atoms with Crippen molar-refractivity contribution in [1.82, 2.24) is 0 Å². The van der Waals surface area contributed by atoms with Crippen molar-refractivity contribution in [3.8, 4) is 0 Å². The number of aliphatic hydroxyl groups excluding tert-OH is 1. The molecule has 5 rings (SSSR count). The third-order valence-corrected chi connectivity index (χ3v) is 5.84. The molecule has 2 aromatic rings. The van der Waals surface area contributed by atoms with Crippen molar-refractivity contribution in [3.63, 3.8) is 0 Å². The highest BCUT2D eigenvalue weighted by atomic mass is 79.9. The maximum atomic E-state index is 10.3. The summed E-state index contributed by atoms with van der Waals surface area (Å²) in [5.74, 6) is 0.795. The van der Waals surface area contributed by atoms with E-state index in [4.69, 9.17) is 0 Å². The van der Waals surface area contributed by atoms with Crippen LogP contribution in [0.4, 0.5) is 0 Å². The molecule has 0 aromatic heterocycles. The molecule has 92 valence electrons. The molecule has 0 amide bonds. The zero-order valence-electron chi connectivity index (χ0n) is 10.0. The molecule has 0 saturated heterocycles. The Bertz CT molecular complexity index is 567. The number of hydrogen-bond acceptors (Lipinski definition) is 1. The lowest BCUT2D eigenvalue weighted by Crippen LogP contribution is -2.42. The van der Waals surface area contributed by atoms with Crippen molar-refractivity contribution < 1.29 is 5.11 Å². The minimum Gasteiger partial charge on any atom is -0.391 e. The lowest BCUT2D eigenvalue weighted by atomic mass is 9.65. The molecule has 2 bridgehead atoms. The fraction of sp³-hybridized carbons (Fsp3) is 0.375. The van der Waals surface area contributed by atoms with E-state index in [2.05, 4.69) is 52.3 Å². The van der Waals surface area contributed by atoms with E-state index in [0.29, 0.717) is 11.8 Å². The Balaban J connectivity index is 2.00. The molecule has 2 heteroatoms. The molecule has 4 atom stereocenters. The van der Waals surface area contributed by atoms with Gasteiger partial charge in [-0.05, 0) is 40.7 Å². The van der Waals surface area contributed by atoms with Crippen LogP contribution < -0.4 is 0 Å². The standard InChI is InChI=1S/C16H15BrO/c17-15-11-5-6-12(16(15)18)14-8-10-4-2-1-3-9(10)7-13(11)14/h1-4,7-8,11-12,15-16,18H,5-6H2/t11-,12+,15-,16-/m1/s1. The van der Waals surface area contributed by atoms with E-state index in [-0.39, 0.29) is 10.9 Å². The first-order valence-corrected chi connectivity index (χ1v) is 7.52. The number of rotatable bonds is 0. The fourth-order valence-corrected chi connectivity index (χ4v) is 4.65. The number of hydrogen-bond donors (Lipinski definition) is 1. The summed E-state index contributed by atoms with van der Waals surface area (Å²) in [6.45, 7) is 0. The molecule has 0 aliphatic heterocycles. The zero-order chi connectivity index (χ0) is 12.3. The highest BCUT2D eigenvalue weighted by Crippen LogP contribution is 2.52. The second kappa shape index (κ2) is 3.82. The van der Waals surface area contributed by atoms with Gasteiger partial charge in [0.15, 0.2) is 0 Å². The summed E-state index contributed by atoms with van der Waals surface area (Å²) < 4.78 is 0. The molecular formula is C16H15BrO. The number of fused-ring (bicyclic) bond motifs is 3. The highest BCUT2D eigenvalue weighted by Gasteiger charge is 2.44. The molecule has 1 fully saturated rings. The molecule has 1 saturated carbocycles. The lowest BCUT2D eigenvalue weighted by Gasteiger charge is -2.45. The van der Waals surface area contributed by atoms with E-state index in [9.17, 15) is 5.11 Å². The largest absolute Gasteiger partial charge is 0.391 e. The smallest absolute Gasteiger partial charge is 0.0739 e. The molecule has 3 aliphatic rings. The average Bonchev–Trinajstić information content (AvgIpc) is 2.41. The van der Waals surface area contributed by atoms with Gasteiger partial charge in [-0.3, -0.25) is 0 Å². The van der Waals surface area contributed by atoms with Gasteiger partial charge in [0.1, 0.15) is 0 Å². The summed E-state index contributed by atoms with van der Waals surface area (Å²) in [5.41, 5.74) is 2.84. The number of benzene rings is 2. The van der Waals surface area contributed by atoms with Crippen LogP contribution in [0, 0.1) is 0 Å². The topological polar surface area (TPSA) is 20.2 Å². The maximum absolute atomic E-state index is 10.3. The van der Waals surface area contributed by atoms with Crippen LogP contribution in [0.5, 0.6) is 0 Å². The van der Waals surface area contributed by atoms with E-state index < -0.39 is 0 Å².